The number of benzene rings is 1. The molecule has 0 bridgehead atoms. The van der Waals surface area contributed by atoms with Crippen LogP contribution in [-0.2, 0) is 16.1 Å². The summed E-state index contributed by atoms with van der Waals surface area (Å²) in [6, 6.07) is 9.62. The van der Waals surface area contributed by atoms with Crippen molar-refractivity contribution >= 4 is 23.3 Å². The molecule has 0 atom stereocenters. The highest BCUT2D eigenvalue weighted by molar-refractivity contribution is 5.96. The lowest BCUT2D eigenvalue weighted by Gasteiger charge is -2.28. The molecule has 6 heteroatoms. The second kappa shape index (κ2) is 8.95. The third kappa shape index (κ3) is 4.55. The van der Waals surface area contributed by atoms with Crippen LogP contribution < -0.4 is 10.2 Å². The Bertz CT molecular complexity index is 833. The normalized spacial score (nSPS) is 14.0. The van der Waals surface area contributed by atoms with Crippen molar-refractivity contribution in [3.8, 4) is 0 Å². The van der Waals surface area contributed by atoms with E-state index in [0.29, 0.717) is 11.3 Å². The highest BCUT2D eigenvalue weighted by Crippen LogP contribution is 2.22. The van der Waals surface area contributed by atoms with E-state index in [1.807, 2.05) is 49.6 Å². The van der Waals surface area contributed by atoms with E-state index in [1.165, 1.54) is 24.9 Å². The summed E-state index contributed by atoms with van der Waals surface area (Å²) in [5, 5.41) is 2.78. The average molecular weight is 383 g/mol. The van der Waals surface area contributed by atoms with Gasteiger partial charge in [0, 0.05) is 42.4 Å². The number of esters is 1. The van der Waals surface area contributed by atoms with Crippen molar-refractivity contribution < 1.29 is 14.3 Å². The van der Waals surface area contributed by atoms with Gasteiger partial charge in [0.2, 0.25) is 0 Å². The maximum atomic E-state index is 12.3. The Hall–Kier alpha value is -2.76. The van der Waals surface area contributed by atoms with E-state index in [0.717, 1.165) is 31.0 Å². The molecule has 3 rings (SSSR count). The van der Waals surface area contributed by atoms with Gasteiger partial charge in [-0.25, -0.2) is 4.79 Å². The lowest BCUT2D eigenvalue weighted by Crippen LogP contribution is -2.29. The fraction of sp³-hybridized carbons (Fsp3) is 0.455. The first kappa shape index (κ1) is 20.0. The largest absolute Gasteiger partial charge is 0.452 e. The number of anilines is 2. The molecular weight excluding hydrogens is 354 g/mol. The monoisotopic (exact) mass is 383 g/mol. The third-order valence-corrected chi connectivity index (χ3v) is 5.32. The molecule has 1 aromatic heterocycles. The van der Waals surface area contributed by atoms with Crippen LogP contribution in [0.3, 0.4) is 0 Å². The molecule has 1 N–H and O–H groups in total. The van der Waals surface area contributed by atoms with Crippen LogP contribution in [0.1, 0.15) is 47.9 Å². The van der Waals surface area contributed by atoms with Gasteiger partial charge >= 0.3 is 5.97 Å². The average Bonchev–Trinajstić information content (AvgIpc) is 3.01. The Morgan fingerprint density at radius 1 is 1.07 bits per heavy atom. The van der Waals surface area contributed by atoms with E-state index in [1.54, 1.807) is 6.07 Å². The molecule has 0 saturated carbocycles. The maximum Gasteiger partial charge on any atom is 0.340 e. The number of carbonyl (C=O) groups is 2. The molecule has 6 nitrogen and oxygen atoms in total. The fourth-order valence-electron chi connectivity index (χ4n) is 3.81. The lowest BCUT2D eigenvalue weighted by atomic mass is 10.1. The quantitative estimate of drug-likeness (QED) is 0.768. The zero-order valence-electron chi connectivity index (χ0n) is 17.0. The van der Waals surface area contributed by atoms with Crippen molar-refractivity contribution in [2.45, 2.75) is 46.6 Å². The van der Waals surface area contributed by atoms with Crippen LogP contribution >= 0.6 is 0 Å². The van der Waals surface area contributed by atoms with Gasteiger partial charge in [0.25, 0.3) is 5.91 Å². The van der Waals surface area contributed by atoms with E-state index in [9.17, 15) is 9.59 Å². The van der Waals surface area contributed by atoms with Gasteiger partial charge in [-0.1, -0.05) is 0 Å². The predicted molar refractivity (Wildman–Crippen MR) is 111 cm³/mol. The van der Waals surface area contributed by atoms with Crippen LogP contribution in [0.2, 0.25) is 0 Å². The lowest BCUT2D eigenvalue weighted by molar-refractivity contribution is -0.119. The molecule has 1 aliphatic heterocycles. The number of piperidine rings is 1. The molecule has 1 aromatic carbocycles. The first-order valence-corrected chi connectivity index (χ1v) is 9.98. The van der Waals surface area contributed by atoms with Crippen LogP contribution in [0.15, 0.2) is 30.3 Å². The summed E-state index contributed by atoms with van der Waals surface area (Å²) >= 11 is 0. The smallest absolute Gasteiger partial charge is 0.340 e. The molecule has 2 heterocycles. The van der Waals surface area contributed by atoms with Gasteiger partial charge in [-0.3, -0.25) is 4.79 Å². The van der Waals surface area contributed by atoms with Gasteiger partial charge in [-0.15, -0.1) is 0 Å². The SMILES string of the molecule is CCn1c(C)cc(C(=O)OCC(=O)Nc2ccc(N3CCCCC3)cc2)c1C. The summed E-state index contributed by atoms with van der Waals surface area (Å²) in [5.74, 6) is -0.813. The van der Waals surface area contributed by atoms with Crippen LogP contribution in [0, 0.1) is 13.8 Å². The van der Waals surface area contributed by atoms with Crippen LogP contribution in [0.25, 0.3) is 0 Å². The fourth-order valence-corrected chi connectivity index (χ4v) is 3.81. The second-order valence-corrected chi connectivity index (χ2v) is 7.25. The topological polar surface area (TPSA) is 63.6 Å². The summed E-state index contributed by atoms with van der Waals surface area (Å²) in [7, 11) is 0. The van der Waals surface area contributed by atoms with Crippen molar-refractivity contribution in [1.29, 1.82) is 0 Å². The van der Waals surface area contributed by atoms with Gasteiger partial charge in [-0.05, 0) is 70.4 Å². The molecule has 28 heavy (non-hydrogen) atoms. The number of ether oxygens (including phenoxy) is 1. The minimum Gasteiger partial charge on any atom is -0.452 e. The van der Waals surface area contributed by atoms with Crippen molar-refractivity contribution in [3.05, 3.63) is 47.3 Å². The first-order chi connectivity index (χ1) is 13.5. The summed E-state index contributed by atoms with van der Waals surface area (Å²) in [4.78, 5) is 26.8. The maximum absolute atomic E-state index is 12.3. The second-order valence-electron chi connectivity index (χ2n) is 7.25. The van der Waals surface area contributed by atoms with E-state index in [2.05, 4.69) is 10.2 Å². The van der Waals surface area contributed by atoms with Crippen LogP contribution in [0.4, 0.5) is 11.4 Å². The van der Waals surface area contributed by atoms with Crippen molar-refractivity contribution in [2.75, 3.05) is 29.9 Å². The molecule has 0 radical (unpaired) electrons. The summed E-state index contributed by atoms with van der Waals surface area (Å²) < 4.78 is 7.24. The summed E-state index contributed by atoms with van der Waals surface area (Å²) in [6.45, 7) is 8.52. The number of amides is 1. The van der Waals surface area contributed by atoms with Gasteiger partial charge in [0.05, 0.1) is 5.56 Å². The highest BCUT2D eigenvalue weighted by atomic mass is 16.5. The Morgan fingerprint density at radius 3 is 2.36 bits per heavy atom. The molecular formula is C22H29N3O3. The Morgan fingerprint density at radius 2 is 1.75 bits per heavy atom. The van der Waals surface area contributed by atoms with E-state index in [-0.39, 0.29) is 12.5 Å². The molecule has 2 aromatic rings. The minimum atomic E-state index is -0.469. The van der Waals surface area contributed by atoms with Crippen molar-refractivity contribution in [2.24, 2.45) is 0 Å². The van der Waals surface area contributed by atoms with E-state index >= 15 is 0 Å². The van der Waals surface area contributed by atoms with Crippen LogP contribution in [0.5, 0.6) is 0 Å². The predicted octanol–water partition coefficient (Wildman–Crippen LogP) is 3.91. The molecule has 150 valence electrons. The number of carbonyl (C=O) groups excluding carboxylic acids is 2. The number of nitrogens with zero attached hydrogens (tertiary/aromatic N) is 2. The number of hydrogen-bond donors (Lipinski definition) is 1. The van der Waals surface area contributed by atoms with E-state index in [4.69, 9.17) is 4.74 Å². The highest BCUT2D eigenvalue weighted by Gasteiger charge is 2.17. The number of hydrogen-bond acceptors (Lipinski definition) is 4. The third-order valence-electron chi connectivity index (χ3n) is 5.32. The molecule has 1 aliphatic rings. The first-order valence-electron chi connectivity index (χ1n) is 9.98. The van der Waals surface area contributed by atoms with Gasteiger partial charge in [0.15, 0.2) is 6.61 Å². The molecule has 0 spiro atoms. The molecule has 1 fully saturated rings. The Labute approximate surface area is 166 Å². The number of rotatable bonds is 6. The van der Waals surface area contributed by atoms with Crippen molar-refractivity contribution in [1.82, 2.24) is 4.57 Å². The molecule has 0 unspecified atom stereocenters. The summed E-state index contributed by atoms with van der Waals surface area (Å²) in [6.07, 6.45) is 3.75. The number of nitrogens with one attached hydrogen (secondary N) is 1. The van der Waals surface area contributed by atoms with Crippen LogP contribution in [-0.4, -0.2) is 36.1 Å². The Kier molecular flexibility index (Phi) is 6.39. The van der Waals surface area contributed by atoms with Gasteiger partial charge < -0.3 is 19.5 Å². The number of aromatic nitrogens is 1. The van der Waals surface area contributed by atoms with E-state index < -0.39 is 5.97 Å². The zero-order valence-corrected chi connectivity index (χ0v) is 17.0. The standard InChI is InChI=1S/C22H29N3O3/c1-4-25-16(2)14-20(17(25)3)22(27)28-15-21(26)23-18-8-10-19(11-9-18)24-12-6-5-7-13-24/h8-11,14H,4-7,12-13,15H2,1-3H3,(H,23,26). The molecule has 1 amide bonds. The summed E-state index contributed by atoms with van der Waals surface area (Å²) in [5.41, 5.74) is 4.25. The molecule has 1 saturated heterocycles. The number of aryl methyl sites for hydroxylation is 1. The Balaban J connectivity index is 1.52. The van der Waals surface area contributed by atoms with Gasteiger partial charge in [-0.2, -0.15) is 0 Å². The van der Waals surface area contributed by atoms with Gasteiger partial charge in [0.1, 0.15) is 0 Å². The zero-order chi connectivity index (χ0) is 20.1. The van der Waals surface area contributed by atoms with Crippen molar-refractivity contribution in [3.63, 3.8) is 0 Å². The minimum absolute atomic E-state index is 0.303. The molecule has 0 aliphatic carbocycles.